The largest absolute Gasteiger partial charge is 0.339 e. The molecule has 0 spiro atoms. The SMILES string of the molecule is CNCCC(=O)N1CCN(C(=O)C(C)(C)c2ccccc2)CC1.Cl. The van der Waals surface area contributed by atoms with Gasteiger partial charge in [-0.05, 0) is 26.5 Å². The van der Waals surface area contributed by atoms with Crippen molar-refractivity contribution in [2.45, 2.75) is 25.7 Å². The molecule has 1 saturated heterocycles. The van der Waals surface area contributed by atoms with Gasteiger partial charge in [0.15, 0.2) is 0 Å². The highest BCUT2D eigenvalue weighted by atomic mass is 35.5. The monoisotopic (exact) mass is 353 g/mol. The first kappa shape index (κ1) is 20.5. The van der Waals surface area contributed by atoms with Crippen LogP contribution in [0.25, 0.3) is 0 Å². The third kappa shape index (κ3) is 4.71. The highest BCUT2D eigenvalue weighted by Gasteiger charge is 2.35. The molecule has 1 N–H and O–H groups in total. The topological polar surface area (TPSA) is 52.7 Å². The van der Waals surface area contributed by atoms with Crippen molar-refractivity contribution in [3.63, 3.8) is 0 Å². The maximum Gasteiger partial charge on any atom is 0.232 e. The minimum absolute atomic E-state index is 0. The lowest BCUT2D eigenvalue weighted by atomic mass is 9.83. The number of amides is 2. The Balaban J connectivity index is 0.00000288. The van der Waals surface area contributed by atoms with Crippen LogP contribution in [0, 0.1) is 0 Å². The molecule has 1 aromatic carbocycles. The minimum Gasteiger partial charge on any atom is -0.339 e. The summed E-state index contributed by atoms with van der Waals surface area (Å²) in [7, 11) is 1.84. The van der Waals surface area contributed by atoms with Crippen LogP contribution in [0.3, 0.4) is 0 Å². The Morgan fingerprint density at radius 1 is 1.04 bits per heavy atom. The highest BCUT2D eigenvalue weighted by Crippen LogP contribution is 2.26. The summed E-state index contributed by atoms with van der Waals surface area (Å²) >= 11 is 0. The number of rotatable bonds is 5. The Hall–Kier alpha value is -1.59. The fraction of sp³-hybridized carbons (Fsp3) is 0.556. The molecule has 1 aromatic rings. The van der Waals surface area contributed by atoms with E-state index in [1.54, 1.807) is 0 Å². The number of piperazine rings is 1. The first-order valence-corrected chi connectivity index (χ1v) is 8.24. The molecule has 0 bridgehead atoms. The van der Waals surface area contributed by atoms with Gasteiger partial charge in [0, 0.05) is 39.1 Å². The molecule has 0 saturated carbocycles. The van der Waals surface area contributed by atoms with Crippen LogP contribution in [-0.4, -0.2) is 61.4 Å². The fourth-order valence-electron chi connectivity index (χ4n) is 2.92. The summed E-state index contributed by atoms with van der Waals surface area (Å²) in [6.07, 6.45) is 0.514. The van der Waals surface area contributed by atoms with E-state index in [9.17, 15) is 9.59 Å². The van der Waals surface area contributed by atoms with Gasteiger partial charge in [0.1, 0.15) is 0 Å². The average Bonchev–Trinajstić information content (AvgIpc) is 2.59. The summed E-state index contributed by atoms with van der Waals surface area (Å²) in [5.74, 6) is 0.291. The van der Waals surface area contributed by atoms with E-state index in [1.807, 2.05) is 61.0 Å². The molecule has 1 aliphatic rings. The van der Waals surface area contributed by atoms with E-state index in [0.29, 0.717) is 39.1 Å². The van der Waals surface area contributed by atoms with Gasteiger partial charge in [0.25, 0.3) is 0 Å². The van der Waals surface area contributed by atoms with Gasteiger partial charge in [-0.3, -0.25) is 9.59 Å². The van der Waals surface area contributed by atoms with E-state index < -0.39 is 5.41 Å². The van der Waals surface area contributed by atoms with E-state index in [0.717, 1.165) is 5.56 Å². The summed E-state index contributed by atoms with van der Waals surface area (Å²) in [6.45, 7) is 7.10. The van der Waals surface area contributed by atoms with Gasteiger partial charge in [-0.15, -0.1) is 12.4 Å². The van der Waals surface area contributed by atoms with Crippen molar-refractivity contribution in [1.29, 1.82) is 0 Å². The second-order valence-corrected chi connectivity index (χ2v) is 6.52. The van der Waals surface area contributed by atoms with E-state index in [-0.39, 0.29) is 24.2 Å². The molecule has 2 amide bonds. The first-order chi connectivity index (χ1) is 11.0. The molecule has 2 rings (SSSR count). The maximum atomic E-state index is 12.9. The standard InChI is InChI=1S/C18H27N3O2.ClH/c1-18(2,15-7-5-4-6-8-15)17(23)21-13-11-20(12-14-21)16(22)9-10-19-3;/h4-8,19H,9-14H2,1-3H3;1H. The zero-order valence-corrected chi connectivity index (χ0v) is 15.6. The second kappa shape index (κ2) is 9.04. The molecular formula is C18H28ClN3O2. The number of halogens is 1. The lowest BCUT2D eigenvalue weighted by molar-refractivity contribution is -0.142. The zero-order chi connectivity index (χ0) is 16.9. The summed E-state index contributed by atoms with van der Waals surface area (Å²) < 4.78 is 0. The van der Waals surface area contributed by atoms with Crippen molar-refractivity contribution in [1.82, 2.24) is 15.1 Å². The normalized spacial score (nSPS) is 15.0. The highest BCUT2D eigenvalue weighted by molar-refractivity contribution is 5.87. The Morgan fingerprint density at radius 2 is 1.58 bits per heavy atom. The third-order valence-electron chi connectivity index (χ3n) is 4.54. The van der Waals surface area contributed by atoms with Gasteiger partial charge in [0.05, 0.1) is 5.41 Å². The Labute approximate surface area is 150 Å². The number of carbonyl (C=O) groups excluding carboxylic acids is 2. The average molecular weight is 354 g/mol. The van der Waals surface area contributed by atoms with Crippen LogP contribution >= 0.6 is 12.4 Å². The summed E-state index contributed by atoms with van der Waals surface area (Å²) in [5.41, 5.74) is 0.483. The van der Waals surface area contributed by atoms with Gasteiger partial charge in [-0.25, -0.2) is 0 Å². The number of hydrogen-bond donors (Lipinski definition) is 1. The molecule has 5 nitrogen and oxygen atoms in total. The number of nitrogens with zero attached hydrogens (tertiary/aromatic N) is 2. The van der Waals surface area contributed by atoms with Crippen LogP contribution in [0.4, 0.5) is 0 Å². The van der Waals surface area contributed by atoms with Gasteiger partial charge >= 0.3 is 0 Å². The van der Waals surface area contributed by atoms with Crippen molar-refractivity contribution < 1.29 is 9.59 Å². The van der Waals surface area contributed by atoms with E-state index in [1.165, 1.54) is 0 Å². The van der Waals surface area contributed by atoms with Crippen LogP contribution < -0.4 is 5.32 Å². The number of benzene rings is 1. The summed E-state index contributed by atoms with van der Waals surface area (Å²) in [6, 6.07) is 9.87. The molecule has 6 heteroatoms. The van der Waals surface area contributed by atoms with Gasteiger partial charge in [-0.1, -0.05) is 30.3 Å². The zero-order valence-electron chi connectivity index (χ0n) is 14.7. The van der Waals surface area contributed by atoms with Crippen molar-refractivity contribution in [2.75, 3.05) is 39.8 Å². The first-order valence-electron chi connectivity index (χ1n) is 8.24. The molecule has 24 heavy (non-hydrogen) atoms. The Morgan fingerprint density at radius 3 is 2.12 bits per heavy atom. The number of nitrogens with one attached hydrogen (secondary N) is 1. The Bertz CT molecular complexity index is 540. The van der Waals surface area contributed by atoms with E-state index >= 15 is 0 Å². The van der Waals surface area contributed by atoms with Gasteiger partial charge in [0.2, 0.25) is 11.8 Å². The minimum atomic E-state index is -0.542. The molecule has 0 atom stereocenters. The molecular weight excluding hydrogens is 326 g/mol. The van der Waals surface area contributed by atoms with Crippen molar-refractivity contribution >= 4 is 24.2 Å². The molecule has 134 valence electrons. The van der Waals surface area contributed by atoms with Crippen molar-refractivity contribution in [2.24, 2.45) is 0 Å². The maximum absolute atomic E-state index is 12.9. The predicted octanol–water partition coefficient (Wildman–Crippen LogP) is 1.67. The molecule has 1 heterocycles. The van der Waals surface area contributed by atoms with Crippen molar-refractivity contribution in [3.05, 3.63) is 35.9 Å². The molecule has 0 aliphatic carbocycles. The third-order valence-corrected chi connectivity index (χ3v) is 4.54. The fourth-order valence-corrected chi connectivity index (χ4v) is 2.92. The molecule has 0 aromatic heterocycles. The molecule has 0 unspecified atom stereocenters. The predicted molar refractivity (Wildman–Crippen MR) is 98.4 cm³/mol. The molecule has 0 radical (unpaired) electrons. The van der Waals surface area contributed by atoms with Crippen LogP contribution in [0.1, 0.15) is 25.8 Å². The van der Waals surface area contributed by atoms with Gasteiger partial charge < -0.3 is 15.1 Å². The number of hydrogen-bond acceptors (Lipinski definition) is 3. The molecule has 1 aliphatic heterocycles. The quantitative estimate of drug-likeness (QED) is 0.876. The van der Waals surface area contributed by atoms with Crippen LogP contribution in [0.2, 0.25) is 0 Å². The molecule has 1 fully saturated rings. The van der Waals surface area contributed by atoms with Crippen molar-refractivity contribution in [3.8, 4) is 0 Å². The summed E-state index contributed by atoms with van der Waals surface area (Å²) in [5, 5.41) is 2.99. The number of carbonyl (C=O) groups is 2. The van der Waals surface area contributed by atoms with Crippen LogP contribution in [-0.2, 0) is 15.0 Å². The van der Waals surface area contributed by atoms with Crippen LogP contribution in [0.15, 0.2) is 30.3 Å². The van der Waals surface area contributed by atoms with E-state index in [4.69, 9.17) is 0 Å². The second-order valence-electron chi connectivity index (χ2n) is 6.52. The summed E-state index contributed by atoms with van der Waals surface area (Å²) in [4.78, 5) is 28.7. The van der Waals surface area contributed by atoms with E-state index in [2.05, 4.69) is 5.32 Å². The lowest BCUT2D eigenvalue weighted by Gasteiger charge is -2.38. The lowest BCUT2D eigenvalue weighted by Crippen LogP contribution is -2.54. The van der Waals surface area contributed by atoms with Gasteiger partial charge in [-0.2, -0.15) is 0 Å². The van der Waals surface area contributed by atoms with Crippen LogP contribution in [0.5, 0.6) is 0 Å². The smallest absolute Gasteiger partial charge is 0.232 e. The Kier molecular flexibility index (Phi) is 7.70.